The van der Waals surface area contributed by atoms with Crippen molar-refractivity contribution in [3.05, 3.63) is 0 Å². The second-order valence-electron chi connectivity index (χ2n) is 6.41. The molecule has 0 bridgehead atoms. The summed E-state index contributed by atoms with van der Waals surface area (Å²) in [5, 5.41) is 23.5. The average molecular weight is 241 g/mol. The highest BCUT2D eigenvalue weighted by atomic mass is 16.3. The number of hydrogen-bond acceptors (Lipinski definition) is 3. The van der Waals surface area contributed by atoms with Gasteiger partial charge in [-0.05, 0) is 44.4 Å². The van der Waals surface area contributed by atoms with Crippen molar-refractivity contribution < 1.29 is 10.2 Å². The van der Waals surface area contributed by atoms with E-state index in [0.29, 0.717) is 6.54 Å². The molecule has 2 saturated carbocycles. The molecular formula is C14H27NO2. The predicted molar refractivity (Wildman–Crippen MR) is 68.9 cm³/mol. The van der Waals surface area contributed by atoms with Gasteiger partial charge in [0.1, 0.15) is 0 Å². The first kappa shape index (κ1) is 13.3. The topological polar surface area (TPSA) is 52.5 Å². The molecule has 0 spiro atoms. The molecule has 2 fully saturated rings. The fourth-order valence-corrected chi connectivity index (χ4v) is 3.27. The number of aliphatic hydroxyl groups excluding tert-OH is 1. The van der Waals surface area contributed by atoms with Crippen LogP contribution >= 0.6 is 0 Å². The third-order valence-corrected chi connectivity index (χ3v) is 4.86. The minimum Gasteiger partial charge on any atom is -0.394 e. The van der Waals surface area contributed by atoms with E-state index in [-0.39, 0.29) is 12.1 Å². The van der Waals surface area contributed by atoms with Crippen LogP contribution in [0.2, 0.25) is 0 Å². The zero-order valence-electron chi connectivity index (χ0n) is 11.0. The molecule has 3 nitrogen and oxygen atoms in total. The van der Waals surface area contributed by atoms with Crippen LogP contribution in [-0.2, 0) is 0 Å². The van der Waals surface area contributed by atoms with Gasteiger partial charge < -0.3 is 15.5 Å². The first-order valence-corrected chi connectivity index (χ1v) is 7.16. The zero-order valence-corrected chi connectivity index (χ0v) is 11.0. The van der Waals surface area contributed by atoms with E-state index in [0.717, 1.165) is 44.4 Å². The summed E-state index contributed by atoms with van der Waals surface area (Å²) in [6.45, 7) is 3.12. The molecule has 17 heavy (non-hydrogen) atoms. The Bertz CT molecular complexity index is 241. The van der Waals surface area contributed by atoms with Crippen molar-refractivity contribution in [1.82, 2.24) is 5.32 Å². The number of nitrogens with one attached hydrogen (secondary N) is 1. The largest absolute Gasteiger partial charge is 0.394 e. The molecule has 2 aliphatic carbocycles. The highest BCUT2D eigenvalue weighted by Gasteiger charge is 2.37. The Balaban J connectivity index is 1.84. The Hall–Kier alpha value is -0.120. The van der Waals surface area contributed by atoms with Crippen LogP contribution in [-0.4, -0.2) is 34.5 Å². The van der Waals surface area contributed by atoms with Crippen molar-refractivity contribution in [3.63, 3.8) is 0 Å². The summed E-state index contributed by atoms with van der Waals surface area (Å²) in [5.74, 6) is 0.758. The van der Waals surface area contributed by atoms with Gasteiger partial charge in [-0.2, -0.15) is 0 Å². The van der Waals surface area contributed by atoms with Gasteiger partial charge in [-0.1, -0.05) is 19.8 Å². The second-order valence-corrected chi connectivity index (χ2v) is 6.41. The van der Waals surface area contributed by atoms with E-state index in [4.69, 9.17) is 0 Å². The molecule has 0 unspecified atom stereocenters. The summed E-state index contributed by atoms with van der Waals surface area (Å²) in [5.41, 5.74) is -0.629. The Labute approximate surface area is 105 Å². The van der Waals surface area contributed by atoms with Crippen molar-refractivity contribution in [2.24, 2.45) is 5.92 Å². The molecule has 0 aromatic carbocycles. The standard InChI is InChI=1S/C14H27NO2/c1-12-4-8-14(17,9-5-12)10-15-13(11-16)6-2-3-7-13/h12,15-17H,2-11H2,1H3. The van der Waals surface area contributed by atoms with E-state index < -0.39 is 5.60 Å². The molecular weight excluding hydrogens is 214 g/mol. The molecule has 100 valence electrons. The van der Waals surface area contributed by atoms with Crippen molar-refractivity contribution >= 4 is 0 Å². The van der Waals surface area contributed by atoms with Crippen molar-refractivity contribution in [1.29, 1.82) is 0 Å². The molecule has 0 saturated heterocycles. The van der Waals surface area contributed by atoms with Crippen LogP contribution in [0.1, 0.15) is 58.3 Å². The van der Waals surface area contributed by atoms with Crippen LogP contribution < -0.4 is 5.32 Å². The minimum absolute atomic E-state index is 0.0984. The summed E-state index contributed by atoms with van der Waals surface area (Å²) >= 11 is 0. The third-order valence-electron chi connectivity index (χ3n) is 4.86. The van der Waals surface area contributed by atoms with E-state index in [2.05, 4.69) is 12.2 Å². The minimum atomic E-state index is -0.530. The molecule has 0 atom stereocenters. The molecule has 0 aromatic rings. The quantitative estimate of drug-likeness (QED) is 0.704. The van der Waals surface area contributed by atoms with Crippen LogP contribution in [0.4, 0.5) is 0 Å². The molecule has 0 aromatic heterocycles. The van der Waals surface area contributed by atoms with Gasteiger partial charge in [0.05, 0.1) is 12.2 Å². The van der Waals surface area contributed by atoms with E-state index in [1.54, 1.807) is 0 Å². The Kier molecular flexibility index (Phi) is 4.11. The summed E-state index contributed by atoms with van der Waals surface area (Å²) in [6, 6.07) is 0. The summed E-state index contributed by atoms with van der Waals surface area (Å²) in [6.07, 6.45) is 8.57. The normalized spacial score (nSPS) is 37.2. The van der Waals surface area contributed by atoms with Crippen LogP contribution in [0.15, 0.2) is 0 Å². The van der Waals surface area contributed by atoms with Gasteiger partial charge in [0.15, 0.2) is 0 Å². The van der Waals surface area contributed by atoms with Crippen molar-refractivity contribution in [2.45, 2.75) is 69.4 Å². The number of aliphatic hydroxyl groups is 2. The maximum Gasteiger partial charge on any atom is 0.0772 e. The van der Waals surface area contributed by atoms with E-state index in [1.807, 2.05) is 0 Å². The van der Waals surface area contributed by atoms with Crippen LogP contribution in [0.5, 0.6) is 0 Å². The first-order chi connectivity index (χ1) is 8.08. The van der Waals surface area contributed by atoms with Crippen LogP contribution in [0, 0.1) is 5.92 Å². The van der Waals surface area contributed by atoms with Gasteiger partial charge in [0.25, 0.3) is 0 Å². The molecule has 2 rings (SSSR count). The fourth-order valence-electron chi connectivity index (χ4n) is 3.27. The van der Waals surface area contributed by atoms with Gasteiger partial charge in [-0.25, -0.2) is 0 Å². The highest BCUT2D eigenvalue weighted by Crippen LogP contribution is 2.34. The molecule has 0 aliphatic heterocycles. The molecule has 3 heteroatoms. The van der Waals surface area contributed by atoms with Crippen LogP contribution in [0.25, 0.3) is 0 Å². The summed E-state index contributed by atoms with van der Waals surface area (Å²) < 4.78 is 0. The van der Waals surface area contributed by atoms with Gasteiger partial charge in [0.2, 0.25) is 0 Å². The fraction of sp³-hybridized carbons (Fsp3) is 1.00. The molecule has 2 aliphatic rings. The predicted octanol–water partition coefficient (Wildman–Crippen LogP) is 1.82. The molecule has 0 amide bonds. The van der Waals surface area contributed by atoms with Gasteiger partial charge in [0, 0.05) is 12.1 Å². The number of hydrogen-bond donors (Lipinski definition) is 3. The van der Waals surface area contributed by atoms with Crippen LogP contribution in [0.3, 0.4) is 0 Å². The SMILES string of the molecule is CC1CCC(O)(CNC2(CO)CCCC2)CC1. The number of rotatable bonds is 4. The molecule has 0 radical (unpaired) electrons. The molecule has 0 heterocycles. The lowest BCUT2D eigenvalue weighted by Gasteiger charge is -2.38. The smallest absolute Gasteiger partial charge is 0.0772 e. The number of β-amino-alcohol motifs (C(OH)–C–C–N with tert-alkyl or cyclic N) is 1. The van der Waals surface area contributed by atoms with E-state index >= 15 is 0 Å². The lowest BCUT2D eigenvalue weighted by molar-refractivity contribution is -0.0155. The Morgan fingerprint density at radius 3 is 2.24 bits per heavy atom. The lowest BCUT2D eigenvalue weighted by atomic mass is 9.79. The Morgan fingerprint density at radius 2 is 1.71 bits per heavy atom. The maximum atomic E-state index is 10.5. The molecule has 3 N–H and O–H groups in total. The lowest BCUT2D eigenvalue weighted by Crippen LogP contribution is -2.53. The summed E-state index contributed by atoms with van der Waals surface area (Å²) in [4.78, 5) is 0. The third kappa shape index (κ3) is 3.21. The van der Waals surface area contributed by atoms with Gasteiger partial charge >= 0.3 is 0 Å². The average Bonchev–Trinajstić information content (AvgIpc) is 2.81. The summed E-state index contributed by atoms with van der Waals surface area (Å²) in [7, 11) is 0. The van der Waals surface area contributed by atoms with Crippen molar-refractivity contribution in [2.75, 3.05) is 13.2 Å². The zero-order chi connectivity index (χ0) is 12.4. The highest BCUT2D eigenvalue weighted by molar-refractivity contribution is 4.96. The van der Waals surface area contributed by atoms with E-state index in [1.165, 1.54) is 12.8 Å². The van der Waals surface area contributed by atoms with Gasteiger partial charge in [-0.3, -0.25) is 0 Å². The first-order valence-electron chi connectivity index (χ1n) is 7.16. The van der Waals surface area contributed by atoms with Gasteiger partial charge in [-0.15, -0.1) is 0 Å². The monoisotopic (exact) mass is 241 g/mol. The Morgan fingerprint density at radius 1 is 1.12 bits per heavy atom. The second kappa shape index (κ2) is 5.25. The van der Waals surface area contributed by atoms with Crippen molar-refractivity contribution in [3.8, 4) is 0 Å². The van der Waals surface area contributed by atoms with E-state index in [9.17, 15) is 10.2 Å². The maximum absolute atomic E-state index is 10.5.